The second kappa shape index (κ2) is 6.73. The van der Waals surface area contributed by atoms with Crippen molar-refractivity contribution in [3.8, 4) is 0 Å². The molecule has 3 atom stereocenters. The molecular weight excluding hydrogens is 248 g/mol. The molecule has 0 aromatic heterocycles. The minimum Gasteiger partial charge on any atom is -0.386 e. The fourth-order valence-electron chi connectivity index (χ4n) is 3.27. The van der Waals surface area contributed by atoms with Crippen molar-refractivity contribution < 1.29 is 9.84 Å². The Morgan fingerprint density at radius 2 is 1.70 bits per heavy atom. The summed E-state index contributed by atoms with van der Waals surface area (Å²) in [5.74, 6) is 0. The van der Waals surface area contributed by atoms with Gasteiger partial charge in [0.15, 0.2) is 0 Å². The first-order valence-corrected chi connectivity index (χ1v) is 8.08. The highest BCUT2D eigenvalue weighted by atomic mass is 16.5. The van der Waals surface area contributed by atoms with Gasteiger partial charge in [-0.2, -0.15) is 0 Å². The summed E-state index contributed by atoms with van der Waals surface area (Å²) in [5.41, 5.74) is 5.08. The van der Waals surface area contributed by atoms with E-state index in [-0.39, 0.29) is 12.2 Å². The quantitative estimate of drug-likeness (QED) is 0.881. The van der Waals surface area contributed by atoms with E-state index in [0.717, 1.165) is 37.7 Å². The van der Waals surface area contributed by atoms with Gasteiger partial charge in [-0.05, 0) is 61.3 Å². The third kappa shape index (κ3) is 3.07. The van der Waals surface area contributed by atoms with Crippen LogP contribution in [0.2, 0.25) is 0 Å². The van der Waals surface area contributed by atoms with Gasteiger partial charge in [0.05, 0.1) is 12.2 Å². The van der Waals surface area contributed by atoms with E-state index in [0.29, 0.717) is 0 Å². The van der Waals surface area contributed by atoms with Crippen LogP contribution in [0.5, 0.6) is 0 Å². The molecule has 0 saturated carbocycles. The smallest absolute Gasteiger partial charge is 0.106 e. The zero-order valence-corrected chi connectivity index (χ0v) is 13.3. The molecule has 1 aliphatic rings. The molecule has 20 heavy (non-hydrogen) atoms. The number of rotatable bonds is 5. The van der Waals surface area contributed by atoms with E-state index in [1.165, 1.54) is 16.7 Å². The molecule has 1 aromatic rings. The molecule has 2 heteroatoms. The fraction of sp³-hybridized carbons (Fsp3) is 0.667. The molecule has 0 bridgehead atoms. The summed E-state index contributed by atoms with van der Waals surface area (Å²) < 4.78 is 5.88. The van der Waals surface area contributed by atoms with Gasteiger partial charge in [0.2, 0.25) is 0 Å². The average Bonchev–Trinajstić information content (AvgIpc) is 2.91. The molecule has 1 aromatic carbocycles. The molecule has 1 fully saturated rings. The monoisotopic (exact) mass is 276 g/mol. The maximum absolute atomic E-state index is 10.8. The van der Waals surface area contributed by atoms with Gasteiger partial charge in [-0.1, -0.05) is 32.9 Å². The van der Waals surface area contributed by atoms with Crippen LogP contribution >= 0.6 is 0 Å². The van der Waals surface area contributed by atoms with E-state index in [1.807, 2.05) is 0 Å². The molecule has 112 valence electrons. The van der Waals surface area contributed by atoms with Crippen LogP contribution in [0.15, 0.2) is 12.1 Å². The maximum atomic E-state index is 10.8. The first kappa shape index (κ1) is 15.5. The van der Waals surface area contributed by atoms with Crippen molar-refractivity contribution >= 4 is 0 Å². The highest BCUT2D eigenvalue weighted by molar-refractivity contribution is 5.41. The molecule has 1 N–H and O–H groups in total. The Balaban J connectivity index is 2.38. The van der Waals surface area contributed by atoms with E-state index >= 15 is 0 Å². The van der Waals surface area contributed by atoms with Crippen LogP contribution in [0, 0.1) is 0 Å². The standard InChI is InChI=1S/C18H28O2/c1-5-13-10-14(6-2)17(15(7-3)11-13)18(19)16-9-8-12(4)20-16/h10-12,16,18-19H,5-9H2,1-4H3. The van der Waals surface area contributed by atoms with Gasteiger partial charge in [0.25, 0.3) is 0 Å². The lowest BCUT2D eigenvalue weighted by atomic mass is 9.88. The Hall–Kier alpha value is -0.860. The summed E-state index contributed by atoms with van der Waals surface area (Å²) in [6.07, 6.45) is 4.77. The largest absolute Gasteiger partial charge is 0.386 e. The second-order valence-corrected chi connectivity index (χ2v) is 5.90. The van der Waals surface area contributed by atoms with Gasteiger partial charge >= 0.3 is 0 Å². The van der Waals surface area contributed by atoms with Gasteiger partial charge in [0.1, 0.15) is 6.10 Å². The molecule has 0 amide bonds. The summed E-state index contributed by atoms with van der Waals surface area (Å²) in [4.78, 5) is 0. The Labute approximate surface area is 123 Å². The Kier molecular flexibility index (Phi) is 5.22. The van der Waals surface area contributed by atoms with Crippen molar-refractivity contribution in [1.29, 1.82) is 0 Å². The van der Waals surface area contributed by atoms with Crippen molar-refractivity contribution in [2.75, 3.05) is 0 Å². The number of hydrogen-bond donors (Lipinski definition) is 1. The predicted molar refractivity (Wildman–Crippen MR) is 83.1 cm³/mol. The number of aryl methyl sites for hydroxylation is 3. The van der Waals surface area contributed by atoms with Crippen molar-refractivity contribution in [1.82, 2.24) is 0 Å². The molecule has 1 saturated heterocycles. The van der Waals surface area contributed by atoms with Gasteiger partial charge in [-0.25, -0.2) is 0 Å². The number of hydrogen-bond acceptors (Lipinski definition) is 2. The van der Waals surface area contributed by atoms with Crippen LogP contribution in [0.3, 0.4) is 0 Å². The van der Waals surface area contributed by atoms with Crippen LogP contribution in [-0.2, 0) is 24.0 Å². The van der Waals surface area contributed by atoms with E-state index < -0.39 is 6.10 Å². The van der Waals surface area contributed by atoms with E-state index in [9.17, 15) is 5.11 Å². The van der Waals surface area contributed by atoms with Gasteiger partial charge in [-0.3, -0.25) is 0 Å². The number of ether oxygens (including phenoxy) is 1. The molecule has 0 radical (unpaired) electrons. The zero-order chi connectivity index (χ0) is 14.7. The molecule has 2 rings (SSSR count). The first-order valence-electron chi connectivity index (χ1n) is 8.08. The van der Waals surface area contributed by atoms with E-state index in [1.54, 1.807) is 0 Å². The van der Waals surface area contributed by atoms with Gasteiger partial charge in [-0.15, -0.1) is 0 Å². The molecule has 2 nitrogen and oxygen atoms in total. The summed E-state index contributed by atoms with van der Waals surface area (Å²) in [7, 11) is 0. The van der Waals surface area contributed by atoms with Crippen molar-refractivity contribution in [2.24, 2.45) is 0 Å². The zero-order valence-electron chi connectivity index (χ0n) is 13.3. The highest BCUT2D eigenvalue weighted by Gasteiger charge is 2.31. The topological polar surface area (TPSA) is 29.5 Å². The normalized spacial score (nSPS) is 24.1. The minimum absolute atomic E-state index is 0.0342. The van der Waals surface area contributed by atoms with Gasteiger partial charge < -0.3 is 9.84 Å². The lowest BCUT2D eigenvalue weighted by Gasteiger charge is -2.24. The Morgan fingerprint density at radius 1 is 1.10 bits per heavy atom. The summed E-state index contributed by atoms with van der Waals surface area (Å²) in [6, 6.07) is 4.52. The summed E-state index contributed by atoms with van der Waals surface area (Å²) in [5, 5.41) is 10.8. The second-order valence-electron chi connectivity index (χ2n) is 5.90. The Morgan fingerprint density at radius 3 is 2.10 bits per heavy atom. The van der Waals surface area contributed by atoms with Gasteiger partial charge in [0, 0.05) is 0 Å². The molecule has 0 spiro atoms. The van der Waals surface area contributed by atoms with Crippen LogP contribution < -0.4 is 0 Å². The highest BCUT2D eigenvalue weighted by Crippen LogP contribution is 2.34. The Bertz CT molecular complexity index is 428. The molecule has 1 aliphatic heterocycles. The van der Waals surface area contributed by atoms with Crippen LogP contribution in [0.25, 0.3) is 0 Å². The molecule has 0 aliphatic carbocycles. The van der Waals surface area contributed by atoms with Crippen LogP contribution in [0.1, 0.15) is 68.9 Å². The number of benzene rings is 1. The molecule has 3 unspecified atom stereocenters. The molecular formula is C18H28O2. The summed E-state index contributed by atoms with van der Waals surface area (Å²) in [6.45, 7) is 8.62. The third-order valence-electron chi connectivity index (χ3n) is 4.49. The van der Waals surface area contributed by atoms with Crippen LogP contribution in [-0.4, -0.2) is 17.3 Å². The maximum Gasteiger partial charge on any atom is 0.106 e. The number of aliphatic hydroxyl groups excluding tert-OH is 1. The first-order chi connectivity index (χ1) is 9.60. The number of aliphatic hydroxyl groups is 1. The minimum atomic E-state index is -0.476. The summed E-state index contributed by atoms with van der Waals surface area (Å²) >= 11 is 0. The van der Waals surface area contributed by atoms with Crippen molar-refractivity contribution in [3.05, 3.63) is 34.4 Å². The molecule has 1 heterocycles. The van der Waals surface area contributed by atoms with Crippen LogP contribution in [0.4, 0.5) is 0 Å². The lowest BCUT2D eigenvalue weighted by Crippen LogP contribution is -2.21. The lowest BCUT2D eigenvalue weighted by molar-refractivity contribution is -0.0303. The van der Waals surface area contributed by atoms with E-state index in [4.69, 9.17) is 4.74 Å². The van der Waals surface area contributed by atoms with Crippen molar-refractivity contribution in [2.45, 2.75) is 78.1 Å². The van der Waals surface area contributed by atoms with E-state index in [2.05, 4.69) is 39.8 Å². The SMILES string of the molecule is CCc1cc(CC)c(C(O)C2CCC(C)O2)c(CC)c1. The fourth-order valence-corrected chi connectivity index (χ4v) is 3.27. The predicted octanol–water partition coefficient (Wildman–Crippen LogP) is 3.97. The average molecular weight is 276 g/mol. The third-order valence-corrected chi connectivity index (χ3v) is 4.49. The van der Waals surface area contributed by atoms with Crippen molar-refractivity contribution in [3.63, 3.8) is 0 Å².